The number of alkyl halides is 3. The average molecular weight is 339 g/mol. The quantitative estimate of drug-likeness (QED) is 0.837. The summed E-state index contributed by atoms with van der Waals surface area (Å²) in [6.07, 6.45) is -3.00. The Kier molecular flexibility index (Phi) is 4.06. The number of carbonyl (C=O) groups is 1. The van der Waals surface area contributed by atoms with Gasteiger partial charge in [-0.05, 0) is 38.8 Å². The van der Waals surface area contributed by atoms with Crippen LogP contribution in [0.5, 0.6) is 0 Å². The Hall–Kier alpha value is -2.38. The van der Waals surface area contributed by atoms with Crippen LogP contribution in [-0.4, -0.2) is 27.5 Å². The Balaban J connectivity index is 1.88. The summed E-state index contributed by atoms with van der Waals surface area (Å²) in [4.78, 5) is 17.9. The molecule has 0 saturated carbocycles. The second-order valence-corrected chi connectivity index (χ2v) is 5.85. The lowest BCUT2D eigenvalue weighted by atomic mass is 10.1. The molecule has 0 bridgehead atoms. The van der Waals surface area contributed by atoms with Crippen LogP contribution in [0.3, 0.4) is 0 Å². The number of aryl methyl sites for hydroxylation is 2. The highest BCUT2D eigenvalue weighted by Crippen LogP contribution is 2.34. The van der Waals surface area contributed by atoms with Crippen molar-refractivity contribution in [2.24, 2.45) is 0 Å². The minimum atomic E-state index is -4.53. The van der Waals surface area contributed by atoms with Gasteiger partial charge in [0.2, 0.25) is 0 Å². The van der Waals surface area contributed by atoms with Crippen molar-refractivity contribution in [1.29, 1.82) is 0 Å². The summed E-state index contributed by atoms with van der Waals surface area (Å²) in [6.45, 7) is 3.72. The monoisotopic (exact) mass is 339 g/mol. The number of nitrogens with zero attached hydrogens (tertiary/aromatic N) is 3. The average Bonchev–Trinajstić information content (AvgIpc) is 3.13. The minimum Gasteiger partial charge on any atom is -0.359 e. The van der Waals surface area contributed by atoms with E-state index in [1.54, 1.807) is 17.9 Å². The molecule has 1 atom stereocenters. The zero-order chi connectivity index (χ0) is 17.5. The fourth-order valence-electron chi connectivity index (χ4n) is 2.95. The van der Waals surface area contributed by atoms with Crippen LogP contribution in [0.25, 0.3) is 0 Å². The Bertz CT molecular complexity index is 770. The molecule has 1 saturated heterocycles. The number of hydrogen-bond donors (Lipinski definition) is 0. The Morgan fingerprint density at radius 1 is 1.33 bits per heavy atom. The van der Waals surface area contributed by atoms with Gasteiger partial charge in [0, 0.05) is 12.6 Å². The van der Waals surface area contributed by atoms with E-state index >= 15 is 0 Å². The molecule has 0 radical (unpaired) electrons. The van der Waals surface area contributed by atoms with E-state index in [1.807, 2.05) is 0 Å². The smallest absolute Gasteiger partial charge is 0.359 e. The van der Waals surface area contributed by atoms with Gasteiger partial charge in [-0.3, -0.25) is 4.79 Å². The number of aromatic nitrogens is 2. The van der Waals surface area contributed by atoms with Gasteiger partial charge in [-0.15, -0.1) is 0 Å². The van der Waals surface area contributed by atoms with Crippen LogP contribution < -0.4 is 0 Å². The molecule has 1 amide bonds. The molecule has 1 aliphatic heterocycles. The second kappa shape index (κ2) is 5.92. The molecule has 0 N–H and O–H groups in total. The third kappa shape index (κ3) is 3.00. The molecular weight excluding hydrogens is 323 g/mol. The molecule has 0 unspecified atom stereocenters. The predicted octanol–water partition coefficient (Wildman–Crippen LogP) is 3.68. The van der Waals surface area contributed by atoms with E-state index in [-0.39, 0.29) is 23.2 Å². The van der Waals surface area contributed by atoms with Crippen molar-refractivity contribution in [3.05, 3.63) is 46.6 Å². The van der Waals surface area contributed by atoms with E-state index in [9.17, 15) is 18.0 Å². The molecule has 24 heavy (non-hydrogen) atoms. The number of pyridine rings is 1. The first kappa shape index (κ1) is 16.5. The lowest BCUT2D eigenvalue weighted by molar-refractivity contribution is -0.141. The number of likely N-dealkylation sites (tertiary alicyclic amines) is 1. The van der Waals surface area contributed by atoms with Crippen LogP contribution >= 0.6 is 0 Å². The largest absolute Gasteiger partial charge is 0.433 e. The van der Waals surface area contributed by atoms with Crippen LogP contribution in [0.1, 0.15) is 52.1 Å². The van der Waals surface area contributed by atoms with Crippen molar-refractivity contribution in [2.45, 2.75) is 38.9 Å². The highest BCUT2D eigenvalue weighted by molar-refractivity contribution is 5.95. The van der Waals surface area contributed by atoms with Crippen LogP contribution in [0.4, 0.5) is 13.2 Å². The number of amides is 1. The number of halogens is 3. The van der Waals surface area contributed by atoms with Gasteiger partial charge in [-0.1, -0.05) is 5.16 Å². The van der Waals surface area contributed by atoms with E-state index in [1.165, 1.54) is 13.0 Å². The fourth-order valence-corrected chi connectivity index (χ4v) is 2.95. The summed E-state index contributed by atoms with van der Waals surface area (Å²) in [5.74, 6) is 0.251. The van der Waals surface area contributed by atoms with Gasteiger partial charge in [0.25, 0.3) is 5.91 Å². The van der Waals surface area contributed by atoms with Gasteiger partial charge in [-0.2, -0.15) is 13.2 Å². The fraction of sp³-hybridized carbons (Fsp3) is 0.438. The molecule has 8 heteroatoms. The molecule has 0 aromatic carbocycles. The number of rotatable bonds is 2. The summed E-state index contributed by atoms with van der Waals surface area (Å²) in [7, 11) is 0. The molecular formula is C16H16F3N3O2. The molecule has 1 fully saturated rings. The third-order valence-corrected chi connectivity index (χ3v) is 4.09. The van der Waals surface area contributed by atoms with E-state index in [4.69, 9.17) is 4.52 Å². The maximum Gasteiger partial charge on any atom is 0.433 e. The van der Waals surface area contributed by atoms with Crippen molar-refractivity contribution < 1.29 is 22.5 Å². The van der Waals surface area contributed by atoms with E-state index < -0.39 is 11.9 Å². The number of hydrogen-bond acceptors (Lipinski definition) is 4. The van der Waals surface area contributed by atoms with Gasteiger partial charge >= 0.3 is 6.18 Å². The zero-order valence-electron chi connectivity index (χ0n) is 13.2. The molecule has 2 aromatic rings. The summed E-state index contributed by atoms with van der Waals surface area (Å²) >= 11 is 0. The van der Waals surface area contributed by atoms with Crippen molar-refractivity contribution in [2.75, 3.05) is 6.54 Å². The van der Waals surface area contributed by atoms with E-state index in [0.717, 1.165) is 24.6 Å². The maximum absolute atomic E-state index is 12.8. The zero-order valence-corrected chi connectivity index (χ0v) is 13.2. The lowest BCUT2D eigenvalue weighted by Gasteiger charge is -2.23. The molecule has 2 aromatic heterocycles. The molecule has 3 heterocycles. The standard InChI is InChI=1S/C16H16F3N3O2/c1-9-8-13(24-21-9)12-4-3-7-22(12)15(23)11-5-6-14(16(17,18)19)20-10(11)2/h5-6,8,12H,3-4,7H2,1-2H3/t12-/m0/s1. The van der Waals surface area contributed by atoms with Crippen LogP contribution in [0.15, 0.2) is 22.7 Å². The predicted molar refractivity (Wildman–Crippen MR) is 78.2 cm³/mol. The summed E-state index contributed by atoms with van der Waals surface area (Å²) in [6, 6.07) is 3.55. The Morgan fingerprint density at radius 2 is 2.08 bits per heavy atom. The van der Waals surface area contributed by atoms with Crippen molar-refractivity contribution in [1.82, 2.24) is 15.0 Å². The second-order valence-electron chi connectivity index (χ2n) is 5.85. The molecule has 3 rings (SSSR count). The first-order chi connectivity index (χ1) is 11.3. The Morgan fingerprint density at radius 3 is 2.67 bits per heavy atom. The van der Waals surface area contributed by atoms with Crippen molar-refractivity contribution >= 4 is 5.91 Å². The maximum atomic E-state index is 12.8. The van der Waals surface area contributed by atoms with Gasteiger partial charge in [0.1, 0.15) is 5.69 Å². The first-order valence-electron chi connectivity index (χ1n) is 7.56. The molecule has 128 valence electrons. The minimum absolute atomic E-state index is 0.0641. The van der Waals surface area contributed by atoms with Crippen molar-refractivity contribution in [3.8, 4) is 0 Å². The normalized spacial score (nSPS) is 18.2. The lowest BCUT2D eigenvalue weighted by Crippen LogP contribution is -2.31. The molecule has 1 aliphatic rings. The SMILES string of the molecule is Cc1cc([C@@H]2CCCN2C(=O)c2ccc(C(F)(F)F)nc2C)on1. The van der Waals surface area contributed by atoms with Crippen molar-refractivity contribution in [3.63, 3.8) is 0 Å². The van der Waals surface area contributed by atoms with Gasteiger partial charge < -0.3 is 9.42 Å². The van der Waals surface area contributed by atoms with Gasteiger partial charge in [0.05, 0.1) is 23.0 Å². The van der Waals surface area contributed by atoms with E-state index in [0.29, 0.717) is 12.3 Å². The molecule has 5 nitrogen and oxygen atoms in total. The summed E-state index contributed by atoms with van der Waals surface area (Å²) in [5.41, 5.74) is -0.0441. The molecule has 0 aliphatic carbocycles. The van der Waals surface area contributed by atoms with Crippen LogP contribution in [-0.2, 0) is 6.18 Å². The highest BCUT2D eigenvalue weighted by atomic mass is 19.4. The topological polar surface area (TPSA) is 59.2 Å². The summed E-state index contributed by atoms with van der Waals surface area (Å²) < 4.78 is 43.4. The van der Waals surface area contributed by atoms with E-state index in [2.05, 4.69) is 10.1 Å². The van der Waals surface area contributed by atoms with Gasteiger partial charge in [0.15, 0.2) is 5.76 Å². The van der Waals surface area contributed by atoms with Crippen LogP contribution in [0.2, 0.25) is 0 Å². The van der Waals surface area contributed by atoms with Crippen LogP contribution in [0, 0.1) is 13.8 Å². The molecule has 0 spiro atoms. The highest BCUT2D eigenvalue weighted by Gasteiger charge is 2.36. The Labute approximate surface area is 136 Å². The van der Waals surface area contributed by atoms with Gasteiger partial charge in [-0.25, -0.2) is 4.98 Å². The number of carbonyl (C=O) groups excluding carboxylic acids is 1. The summed E-state index contributed by atoms with van der Waals surface area (Å²) in [5, 5.41) is 3.83. The first-order valence-corrected chi connectivity index (χ1v) is 7.56. The third-order valence-electron chi connectivity index (χ3n) is 4.09.